The number of oxime groups is 1. The Labute approximate surface area is 140 Å². The molecular weight excluding hydrogens is 311 g/mol. The van der Waals surface area contributed by atoms with Crippen molar-refractivity contribution in [1.82, 2.24) is 5.32 Å². The lowest BCUT2D eigenvalue weighted by Gasteiger charge is -2.29. The molecule has 1 fully saturated rings. The molecule has 0 saturated heterocycles. The number of hydrogen-bond donors (Lipinski definition) is 2. The van der Waals surface area contributed by atoms with Gasteiger partial charge in [-0.25, -0.2) is 4.39 Å². The summed E-state index contributed by atoms with van der Waals surface area (Å²) in [4.78, 5) is 17.9. The Morgan fingerprint density at radius 2 is 2.17 bits per heavy atom. The highest BCUT2D eigenvalue weighted by atomic mass is 19.1. The lowest BCUT2D eigenvalue weighted by atomic mass is 9.86. The third kappa shape index (κ3) is 3.29. The second kappa shape index (κ2) is 6.51. The second-order valence-corrected chi connectivity index (χ2v) is 7.10. The molecule has 1 aliphatic carbocycles. The van der Waals surface area contributed by atoms with Gasteiger partial charge in [0, 0.05) is 23.9 Å². The minimum Gasteiger partial charge on any atom is -0.396 e. The van der Waals surface area contributed by atoms with Crippen LogP contribution in [0.2, 0.25) is 0 Å². The lowest BCUT2D eigenvalue weighted by molar-refractivity contribution is -0.142. The number of nitrogens with zero attached hydrogens (tertiary/aromatic N) is 1. The van der Waals surface area contributed by atoms with E-state index in [0.29, 0.717) is 17.8 Å². The molecule has 5 nitrogen and oxygen atoms in total. The van der Waals surface area contributed by atoms with Crippen LogP contribution in [0, 0.1) is 11.2 Å². The normalized spacial score (nSPS) is 25.2. The maximum Gasteiger partial charge on any atom is 0.267 e. The summed E-state index contributed by atoms with van der Waals surface area (Å²) in [6.07, 6.45) is 4.29. The van der Waals surface area contributed by atoms with Crippen LogP contribution in [0.15, 0.2) is 29.4 Å². The first kappa shape index (κ1) is 16.9. The van der Waals surface area contributed by atoms with Crippen molar-refractivity contribution < 1.29 is 19.1 Å². The number of rotatable bonds is 5. The van der Waals surface area contributed by atoms with Crippen LogP contribution in [0.1, 0.15) is 44.6 Å². The zero-order chi connectivity index (χ0) is 17.2. The van der Waals surface area contributed by atoms with Gasteiger partial charge in [-0.2, -0.15) is 0 Å². The van der Waals surface area contributed by atoms with Crippen molar-refractivity contribution in [3.63, 3.8) is 0 Å². The van der Waals surface area contributed by atoms with Crippen LogP contribution in [0.3, 0.4) is 0 Å². The van der Waals surface area contributed by atoms with Gasteiger partial charge < -0.3 is 15.3 Å². The van der Waals surface area contributed by atoms with Gasteiger partial charge in [-0.1, -0.05) is 30.1 Å². The van der Waals surface area contributed by atoms with Gasteiger partial charge in [-0.15, -0.1) is 0 Å². The highest BCUT2D eigenvalue weighted by Gasteiger charge is 2.43. The monoisotopic (exact) mass is 334 g/mol. The number of hydrogen-bond acceptors (Lipinski definition) is 4. The molecule has 2 aliphatic rings. The van der Waals surface area contributed by atoms with E-state index in [9.17, 15) is 14.3 Å². The van der Waals surface area contributed by atoms with Crippen molar-refractivity contribution in [2.75, 3.05) is 13.2 Å². The molecule has 1 aromatic rings. The summed E-state index contributed by atoms with van der Waals surface area (Å²) in [5.41, 5.74) is -0.132. The SMILES string of the molecule is C[C@@]1(C(=O)NCC2(CO)CCCC2)CC(c2cccc(F)c2)=NO1. The van der Waals surface area contributed by atoms with Crippen LogP contribution in [0.4, 0.5) is 4.39 Å². The molecular formula is C18H23FN2O3. The Morgan fingerprint density at radius 1 is 1.42 bits per heavy atom. The maximum atomic E-state index is 13.3. The summed E-state index contributed by atoms with van der Waals surface area (Å²) in [7, 11) is 0. The van der Waals surface area contributed by atoms with Crippen LogP contribution in [0.25, 0.3) is 0 Å². The highest BCUT2D eigenvalue weighted by Crippen LogP contribution is 2.37. The van der Waals surface area contributed by atoms with E-state index in [-0.39, 0.29) is 30.2 Å². The largest absolute Gasteiger partial charge is 0.396 e. The van der Waals surface area contributed by atoms with Crippen LogP contribution in [-0.4, -0.2) is 35.5 Å². The standard InChI is InChI=1S/C18H23FN2O3/c1-17(16(23)20-11-18(12-22)7-2-3-8-18)10-15(21-24-17)13-5-4-6-14(19)9-13/h4-6,9,22H,2-3,7-8,10-12H2,1H3,(H,20,23)/t17-/m0/s1. The van der Waals surface area contributed by atoms with Gasteiger partial charge in [0.25, 0.3) is 5.91 Å². The summed E-state index contributed by atoms with van der Waals surface area (Å²) < 4.78 is 13.3. The summed E-state index contributed by atoms with van der Waals surface area (Å²) >= 11 is 0. The van der Waals surface area contributed by atoms with E-state index in [1.807, 2.05) is 0 Å². The number of aliphatic hydroxyl groups is 1. The quantitative estimate of drug-likeness (QED) is 0.868. The molecule has 130 valence electrons. The molecule has 0 unspecified atom stereocenters. The number of carbonyl (C=O) groups is 1. The minimum absolute atomic E-state index is 0.0793. The average molecular weight is 334 g/mol. The topological polar surface area (TPSA) is 70.9 Å². The number of carbonyl (C=O) groups excluding carboxylic acids is 1. The molecule has 1 aromatic carbocycles. The van der Waals surface area contributed by atoms with Crippen molar-refractivity contribution in [3.05, 3.63) is 35.6 Å². The zero-order valence-electron chi connectivity index (χ0n) is 13.8. The van der Waals surface area contributed by atoms with Gasteiger partial charge in [0.15, 0.2) is 0 Å². The van der Waals surface area contributed by atoms with Crippen molar-refractivity contribution in [2.24, 2.45) is 10.6 Å². The maximum absolute atomic E-state index is 13.3. The Bertz CT molecular complexity index is 655. The third-order valence-electron chi connectivity index (χ3n) is 5.12. The number of aliphatic hydroxyl groups excluding tert-OH is 1. The van der Waals surface area contributed by atoms with E-state index < -0.39 is 5.60 Å². The average Bonchev–Trinajstić information content (AvgIpc) is 3.21. The van der Waals surface area contributed by atoms with Gasteiger partial charge in [-0.05, 0) is 31.9 Å². The van der Waals surface area contributed by atoms with E-state index in [0.717, 1.165) is 25.7 Å². The molecule has 0 spiro atoms. The molecule has 1 amide bonds. The molecule has 0 aromatic heterocycles. The number of nitrogens with one attached hydrogen (secondary N) is 1. The predicted octanol–water partition coefficient (Wildman–Crippen LogP) is 2.38. The number of halogens is 1. The van der Waals surface area contributed by atoms with Crippen molar-refractivity contribution in [2.45, 2.75) is 44.6 Å². The Morgan fingerprint density at radius 3 is 2.83 bits per heavy atom. The van der Waals surface area contributed by atoms with E-state index in [1.165, 1.54) is 12.1 Å². The molecule has 1 atom stereocenters. The van der Waals surface area contributed by atoms with Crippen LogP contribution < -0.4 is 5.32 Å². The van der Waals surface area contributed by atoms with E-state index in [2.05, 4.69) is 10.5 Å². The van der Waals surface area contributed by atoms with E-state index >= 15 is 0 Å². The first-order valence-electron chi connectivity index (χ1n) is 8.37. The Kier molecular flexibility index (Phi) is 4.58. The molecule has 1 aliphatic heterocycles. The minimum atomic E-state index is -1.10. The summed E-state index contributed by atoms with van der Waals surface area (Å²) in [5, 5.41) is 16.5. The fourth-order valence-corrected chi connectivity index (χ4v) is 3.45. The Balaban J connectivity index is 1.62. The number of benzene rings is 1. The third-order valence-corrected chi connectivity index (χ3v) is 5.12. The Hall–Kier alpha value is -1.95. The molecule has 1 heterocycles. The molecule has 0 bridgehead atoms. The highest BCUT2D eigenvalue weighted by molar-refractivity contribution is 6.05. The van der Waals surface area contributed by atoms with E-state index in [1.54, 1.807) is 19.1 Å². The summed E-state index contributed by atoms with van der Waals surface area (Å²) in [6.45, 7) is 2.20. The first-order valence-corrected chi connectivity index (χ1v) is 8.37. The van der Waals surface area contributed by atoms with Crippen LogP contribution >= 0.6 is 0 Å². The summed E-state index contributed by atoms with van der Waals surface area (Å²) in [6, 6.07) is 6.09. The molecule has 24 heavy (non-hydrogen) atoms. The smallest absolute Gasteiger partial charge is 0.267 e. The molecule has 1 saturated carbocycles. The van der Waals surface area contributed by atoms with Crippen molar-refractivity contribution >= 4 is 11.6 Å². The molecule has 6 heteroatoms. The fourth-order valence-electron chi connectivity index (χ4n) is 3.45. The number of amides is 1. The fraction of sp³-hybridized carbons (Fsp3) is 0.556. The van der Waals surface area contributed by atoms with E-state index in [4.69, 9.17) is 4.84 Å². The molecule has 2 N–H and O–H groups in total. The first-order chi connectivity index (χ1) is 11.5. The van der Waals surface area contributed by atoms with Gasteiger partial charge in [0.1, 0.15) is 5.82 Å². The van der Waals surface area contributed by atoms with Gasteiger partial charge >= 0.3 is 0 Å². The molecule has 3 rings (SSSR count). The van der Waals surface area contributed by atoms with Crippen molar-refractivity contribution in [3.8, 4) is 0 Å². The predicted molar refractivity (Wildman–Crippen MR) is 88.0 cm³/mol. The van der Waals surface area contributed by atoms with Crippen LogP contribution in [0.5, 0.6) is 0 Å². The molecule has 0 radical (unpaired) electrons. The van der Waals surface area contributed by atoms with Gasteiger partial charge in [0.2, 0.25) is 5.60 Å². The second-order valence-electron chi connectivity index (χ2n) is 7.10. The van der Waals surface area contributed by atoms with Crippen molar-refractivity contribution in [1.29, 1.82) is 0 Å². The lowest BCUT2D eigenvalue weighted by Crippen LogP contribution is -2.48. The van der Waals surface area contributed by atoms with Gasteiger partial charge in [-0.3, -0.25) is 4.79 Å². The van der Waals surface area contributed by atoms with Crippen LogP contribution in [-0.2, 0) is 9.63 Å². The van der Waals surface area contributed by atoms with Gasteiger partial charge in [0.05, 0.1) is 12.3 Å². The summed E-state index contributed by atoms with van der Waals surface area (Å²) in [5.74, 6) is -0.600. The zero-order valence-corrected chi connectivity index (χ0v) is 13.8.